The van der Waals surface area contributed by atoms with Crippen LogP contribution < -0.4 is 10.6 Å². The van der Waals surface area contributed by atoms with Crippen LogP contribution in [0.5, 0.6) is 0 Å². The molecular weight excluding hydrogens is 887 g/mol. The molecule has 0 unspecified atom stereocenters. The van der Waals surface area contributed by atoms with Gasteiger partial charge in [0.15, 0.2) is 0 Å². The number of anilines is 1. The van der Waals surface area contributed by atoms with Crippen LogP contribution in [0.1, 0.15) is 43.0 Å². The molecule has 3 heterocycles. The van der Waals surface area contributed by atoms with Crippen molar-refractivity contribution >= 4 is 17.8 Å². The van der Waals surface area contributed by atoms with Crippen molar-refractivity contribution in [1.82, 2.24) is 45.5 Å². The highest BCUT2D eigenvalue weighted by Crippen LogP contribution is 2.34. The van der Waals surface area contributed by atoms with Gasteiger partial charge in [0.25, 0.3) is 17.8 Å². The lowest BCUT2D eigenvalue weighted by molar-refractivity contribution is -0.138. The fourth-order valence-corrected chi connectivity index (χ4v) is 7.10. The highest BCUT2D eigenvalue weighted by Gasteiger charge is 2.31. The number of tetrazole rings is 1. The summed E-state index contributed by atoms with van der Waals surface area (Å²) in [6.45, 7) is 0.743. The van der Waals surface area contributed by atoms with Crippen LogP contribution in [0.3, 0.4) is 0 Å². The number of amides is 2. The summed E-state index contributed by atoms with van der Waals surface area (Å²) in [7, 11) is 1.57. The number of nitrogens with zero attached hydrogens (tertiary/aromatic N) is 7. The van der Waals surface area contributed by atoms with Gasteiger partial charge >= 0.3 is 12.4 Å². The Morgan fingerprint density at radius 1 is 0.529 bits per heavy atom. The van der Waals surface area contributed by atoms with E-state index in [0.29, 0.717) is 52.4 Å². The average molecular weight is 925 g/mol. The molecule has 12 nitrogen and oxygen atoms in total. The van der Waals surface area contributed by atoms with Crippen molar-refractivity contribution in [2.45, 2.75) is 25.4 Å². The highest BCUT2D eigenvalue weighted by atomic mass is 19.4. The first-order chi connectivity index (χ1) is 32.7. The van der Waals surface area contributed by atoms with Crippen molar-refractivity contribution in [3.8, 4) is 45.0 Å². The van der Waals surface area contributed by atoms with Crippen molar-refractivity contribution in [2.75, 3.05) is 12.4 Å². The first kappa shape index (κ1) is 45.9. The normalized spacial score (nSPS) is 11.4. The molecule has 0 bridgehead atoms. The summed E-state index contributed by atoms with van der Waals surface area (Å²) in [5.74, 6) is -0.499. The van der Waals surface area contributed by atoms with Crippen LogP contribution in [0, 0.1) is 0 Å². The number of rotatable bonds is 11. The molecule has 342 valence electrons. The number of nitrogens with one attached hydrogen (secondary N) is 3. The molecule has 0 saturated heterocycles. The number of alkyl halides is 6. The zero-order valence-electron chi connectivity index (χ0n) is 35.8. The first-order valence-electron chi connectivity index (χ1n) is 20.8. The van der Waals surface area contributed by atoms with E-state index in [4.69, 9.17) is 10.2 Å². The topological polar surface area (TPSA) is 148 Å². The van der Waals surface area contributed by atoms with E-state index in [1.165, 1.54) is 24.3 Å². The van der Waals surface area contributed by atoms with Gasteiger partial charge in [0.2, 0.25) is 0 Å². The Hall–Kier alpha value is -8.67. The Morgan fingerprint density at radius 2 is 0.941 bits per heavy atom. The van der Waals surface area contributed by atoms with E-state index in [1.807, 2.05) is 84.9 Å². The van der Waals surface area contributed by atoms with Crippen LogP contribution in [-0.2, 0) is 25.4 Å². The van der Waals surface area contributed by atoms with E-state index in [-0.39, 0.29) is 17.8 Å². The van der Waals surface area contributed by atoms with E-state index in [9.17, 15) is 35.9 Å². The Morgan fingerprint density at radius 3 is 1.31 bits per heavy atom. The number of hydrogen-bond donors (Lipinski definition) is 3. The minimum atomic E-state index is -4.41. The van der Waals surface area contributed by atoms with Gasteiger partial charge in [-0.15, -0.1) is 5.10 Å². The van der Waals surface area contributed by atoms with E-state index >= 15 is 0 Å². The average Bonchev–Trinajstić information content (AvgIpc) is 4.13. The maximum absolute atomic E-state index is 13.1. The molecule has 9 aromatic rings. The van der Waals surface area contributed by atoms with E-state index in [1.54, 1.807) is 52.8 Å². The van der Waals surface area contributed by atoms with Crippen molar-refractivity contribution in [2.24, 2.45) is 0 Å². The maximum Gasteiger partial charge on any atom is 0.416 e. The van der Waals surface area contributed by atoms with Gasteiger partial charge < -0.3 is 5.32 Å². The predicted molar refractivity (Wildman–Crippen MR) is 243 cm³/mol. The third-order valence-electron chi connectivity index (χ3n) is 10.6. The Labute approximate surface area is 384 Å². The summed E-state index contributed by atoms with van der Waals surface area (Å²) >= 11 is 0. The summed E-state index contributed by atoms with van der Waals surface area (Å²) < 4.78 is 81.6. The second-order valence-corrected chi connectivity index (χ2v) is 15.2. The molecule has 6 aromatic carbocycles. The number of hydrogen-bond acceptors (Lipinski definition) is 7. The fraction of sp³-hybridized carbons (Fsp3) is 0.100. The molecule has 0 aliphatic heterocycles. The molecule has 3 N–H and O–H groups in total. The van der Waals surface area contributed by atoms with E-state index < -0.39 is 23.5 Å². The second kappa shape index (κ2) is 19.8. The number of H-pyrrole nitrogens is 1. The molecule has 0 atom stereocenters. The number of carbonyl (C=O) groups is 2. The number of aromatic nitrogens is 8. The minimum absolute atomic E-state index is 0.0650. The molecule has 3 aromatic heterocycles. The summed E-state index contributed by atoms with van der Waals surface area (Å²) in [4.78, 5) is 24.1. The molecule has 2 amide bonds. The van der Waals surface area contributed by atoms with Crippen molar-refractivity contribution in [1.29, 1.82) is 0 Å². The monoisotopic (exact) mass is 924 g/mol. The summed E-state index contributed by atoms with van der Waals surface area (Å²) in [6, 6.07) is 46.9. The molecular formula is C50H38F6N10O2. The van der Waals surface area contributed by atoms with Gasteiger partial charge in [-0.1, -0.05) is 114 Å². The number of aromatic amines is 1. The SMILES string of the molecule is CNC(=O)c1ccc(Cn2nc(-c3ccccc3)cc2-c2ccc(C(F)(F)F)cc2)cc1.O=C(Nc1nn[nH]n1)c1ccc(Cn2nc(-c3ccccc3)cc2-c2ccc(C(F)(F)F)cc2)cc1. The lowest BCUT2D eigenvalue weighted by Crippen LogP contribution is -2.17. The number of carbonyl (C=O) groups excluding carboxylic acids is 2. The van der Waals surface area contributed by atoms with Crippen molar-refractivity contribution in [3.63, 3.8) is 0 Å². The third-order valence-corrected chi connectivity index (χ3v) is 10.6. The lowest BCUT2D eigenvalue weighted by atomic mass is 10.1. The van der Waals surface area contributed by atoms with Gasteiger partial charge in [0, 0.05) is 29.3 Å². The van der Waals surface area contributed by atoms with Crippen LogP contribution >= 0.6 is 0 Å². The van der Waals surface area contributed by atoms with Crippen LogP contribution in [0.15, 0.2) is 170 Å². The van der Waals surface area contributed by atoms with Crippen LogP contribution in [0.2, 0.25) is 0 Å². The van der Waals surface area contributed by atoms with Gasteiger partial charge in [-0.05, 0) is 88.1 Å². The zero-order valence-corrected chi connectivity index (χ0v) is 35.8. The smallest absolute Gasteiger partial charge is 0.355 e. The number of benzene rings is 6. The molecule has 0 radical (unpaired) electrons. The summed E-state index contributed by atoms with van der Waals surface area (Å²) in [6.07, 6.45) is -8.80. The largest absolute Gasteiger partial charge is 0.416 e. The van der Waals surface area contributed by atoms with Crippen LogP contribution in [-0.4, -0.2) is 59.0 Å². The lowest BCUT2D eigenvalue weighted by Gasteiger charge is -2.10. The first-order valence-corrected chi connectivity index (χ1v) is 20.8. The van der Waals surface area contributed by atoms with Crippen LogP contribution in [0.25, 0.3) is 45.0 Å². The molecule has 0 aliphatic rings. The summed E-state index contributed by atoms with van der Waals surface area (Å²) in [5, 5.41) is 27.5. The Kier molecular flexibility index (Phi) is 13.4. The Bertz CT molecular complexity index is 3100. The molecule has 0 spiro atoms. The predicted octanol–water partition coefficient (Wildman–Crippen LogP) is 10.7. The highest BCUT2D eigenvalue weighted by molar-refractivity contribution is 6.03. The maximum atomic E-state index is 13.1. The molecule has 0 aliphatic carbocycles. The van der Waals surface area contributed by atoms with E-state index in [2.05, 4.69) is 31.3 Å². The van der Waals surface area contributed by atoms with E-state index in [0.717, 1.165) is 52.2 Å². The van der Waals surface area contributed by atoms with Gasteiger partial charge in [-0.2, -0.15) is 41.8 Å². The van der Waals surface area contributed by atoms with Gasteiger partial charge in [-0.25, -0.2) is 0 Å². The van der Waals surface area contributed by atoms with Gasteiger partial charge in [0.1, 0.15) is 0 Å². The number of halogens is 6. The van der Waals surface area contributed by atoms with Crippen molar-refractivity contribution in [3.05, 3.63) is 203 Å². The van der Waals surface area contributed by atoms with Crippen LogP contribution in [0.4, 0.5) is 32.3 Å². The van der Waals surface area contributed by atoms with Crippen molar-refractivity contribution < 1.29 is 35.9 Å². The molecule has 0 fully saturated rings. The molecule has 9 rings (SSSR count). The molecule has 68 heavy (non-hydrogen) atoms. The zero-order chi connectivity index (χ0) is 47.8. The molecule has 0 saturated carbocycles. The third kappa shape index (κ3) is 11.0. The fourth-order valence-electron chi connectivity index (χ4n) is 7.10. The quantitative estimate of drug-likeness (QED) is 0.109. The standard InChI is InChI=1S/C25H18F3N7O.C25H20F3N3O/c26-25(27,28)20-12-10-18(11-13-20)22-14-21(17-4-2-1-3-5-17)32-35(22)15-16-6-8-19(9-7-16)23(36)29-24-30-33-34-31-24;1-29-24(32)20-9-7-17(8-10-20)16-31-23(15-22(30-31)18-5-3-2-4-6-18)19-11-13-21(14-12-19)25(26,27)28/h1-14H,15H2,(H2,29,30,31,33,34,36);2-15H,16H2,1H3,(H,29,32). The van der Waals surface area contributed by atoms with Gasteiger partial charge in [-0.3, -0.25) is 24.3 Å². The minimum Gasteiger partial charge on any atom is -0.355 e. The Balaban J connectivity index is 0.000000185. The van der Waals surface area contributed by atoms with Gasteiger partial charge in [0.05, 0.1) is 47.0 Å². The summed E-state index contributed by atoms with van der Waals surface area (Å²) in [5.41, 5.74) is 7.13. The second-order valence-electron chi connectivity index (χ2n) is 15.2. The molecule has 18 heteroatoms.